The average Bonchev–Trinajstić information content (AvgIpc) is 3.36. The monoisotopic (exact) mass is 397 g/mol. The minimum absolute atomic E-state index is 0.102. The number of benzene rings is 2. The van der Waals surface area contributed by atoms with E-state index in [0.717, 1.165) is 5.56 Å². The van der Waals surface area contributed by atoms with Crippen molar-refractivity contribution in [3.63, 3.8) is 0 Å². The van der Waals surface area contributed by atoms with E-state index in [0.29, 0.717) is 41.0 Å². The molecular weight excluding hydrogens is 377 g/mol. The molecule has 0 saturated carbocycles. The zero-order chi connectivity index (χ0) is 20.5. The summed E-state index contributed by atoms with van der Waals surface area (Å²) in [6.45, 7) is 2.20. The van der Waals surface area contributed by atoms with Gasteiger partial charge in [-0.2, -0.15) is 4.98 Å². The number of hydrogen-bond acceptors (Lipinski definition) is 6. The molecule has 7 nitrogen and oxygen atoms in total. The predicted octanol–water partition coefficient (Wildman–Crippen LogP) is 3.72. The summed E-state index contributed by atoms with van der Waals surface area (Å²) in [4.78, 5) is 18.6. The van der Waals surface area contributed by atoms with Crippen molar-refractivity contribution in [3.05, 3.63) is 53.7 Å². The van der Waals surface area contributed by atoms with Crippen molar-refractivity contribution in [3.8, 4) is 22.9 Å². The third-order valence-corrected chi connectivity index (χ3v) is 5.02. The van der Waals surface area contributed by atoms with Crippen molar-refractivity contribution in [1.82, 2.24) is 10.1 Å². The molecule has 0 radical (unpaired) electrons. The topological polar surface area (TPSA) is 77.7 Å². The number of aryl methyl sites for hydroxylation is 1. The minimum Gasteiger partial charge on any atom is -0.493 e. The van der Waals surface area contributed by atoms with E-state index in [1.807, 2.05) is 6.92 Å². The second kappa shape index (κ2) is 7.54. The minimum atomic E-state index is -0.379. The maximum absolute atomic E-state index is 13.7. The fourth-order valence-electron chi connectivity index (χ4n) is 3.47. The molecule has 8 heteroatoms. The molecule has 2 heterocycles. The van der Waals surface area contributed by atoms with Gasteiger partial charge in [0.1, 0.15) is 5.82 Å². The van der Waals surface area contributed by atoms with Crippen LogP contribution in [0.4, 0.5) is 10.1 Å². The summed E-state index contributed by atoms with van der Waals surface area (Å²) >= 11 is 0. The largest absolute Gasteiger partial charge is 0.493 e. The molecule has 1 aliphatic rings. The van der Waals surface area contributed by atoms with Crippen molar-refractivity contribution in [2.75, 3.05) is 25.7 Å². The van der Waals surface area contributed by atoms with Crippen LogP contribution in [0.3, 0.4) is 0 Å². The summed E-state index contributed by atoms with van der Waals surface area (Å²) in [5.74, 6) is 1.19. The maximum Gasteiger partial charge on any atom is 0.232 e. The van der Waals surface area contributed by atoms with Crippen molar-refractivity contribution in [2.24, 2.45) is 0 Å². The molecule has 0 aliphatic carbocycles. The molecule has 4 rings (SSSR count). The number of anilines is 1. The number of aromatic nitrogens is 2. The smallest absolute Gasteiger partial charge is 0.232 e. The number of methoxy groups -OCH3 is 2. The summed E-state index contributed by atoms with van der Waals surface area (Å²) in [5.41, 5.74) is 2.11. The van der Waals surface area contributed by atoms with E-state index in [1.54, 1.807) is 43.4 Å². The number of hydrogen-bond donors (Lipinski definition) is 0. The highest BCUT2D eigenvalue weighted by Crippen LogP contribution is 2.35. The van der Waals surface area contributed by atoms with E-state index in [2.05, 4.69) is 10.1 Å². The van der Waals surface area contributed by atoms with Crippen LogP contribution in [0.15, 0.2) is 40.9 Å². The van der Waals surface area contributed by atoms with E-state index < -0.39 is 0 Å². The molecule has 2 aromatic carbocycles. The first-order chi connectivity index (χ1) is 14.0. The Bertz CT molecular complexity index is 1070. The molecule has 1 saturated heterocycles. The Kier molecular flexibility index (Phi) is 4.92. The molecule has 0 spiro atoms. The van der Waals surface area contributed by atoms with E-state index in [1.165, 1.54) is 12.1 Å². The van der Waals surface area contributed by atoms with Gasteiger partial charge in [0.05, 0.1) is 20.1 Å². The van der Waals surface area contributed by atoms with Crippen LogP contribution < -0.4 is 14.4 Å². The number of carbonyl (C=O) groups excluding carboxylic acids is 1. The van der Waals surface area contributed by atoms with E-state index in [9.17, 15) is 9.18 Å². The normalized spacial score (nSPS) is 16.3. The van der Waals surface area contributed by atoms with Gasteiger partial charge in [0.25, 0.3) is 0 Å². The lowest BCUT2D eigenvalue weighted by Gasteiger charge is -2.18. The quantitative estimate of drug-likeness (QED) is 0.653. The predicted molar refractivity (Wildman–Crippen MR) is 104 cm³/mol. The van der Waals surface area contributed by atoms with Crippen molar-refractivity contribution in [2.45, 2.75) is 19.3 Å². The second-order valence-corrected chi connectivity index (χ2v) is 6.86. The summed E-state index contributed by atoms with van der Waals surface area (Å²) in [7, 11) is 3.11. The molecule has 1 unspecified atom stereocenters. The Morgan fingerprint density at radius 3 is 2.69 bits per heavy atom. The van der Waals surface area contributed by atoms with Gasteiger partial charge < -0.3 is 18.9 Å². The van der Waals surface area contributed by atoms with Crippen LogP contribution in [-0.2, 0) is 4.79 Å². The van der Waals surface area contributed by atoms with E-state index in [4.69, 9.17) is 14.0 Å². The number of carbonyl (C=O) groups is 1. The van der Waals surface area contributed by atoms with Gasteiger partial charge in [-0.05, 0) is 42.8 Å². The number of halogens is 1. The molecule has 150 valence electrons. The Hall–Kier alpha value is -3.42. The molecule has 29 heavy (non-hydrogen) atoms. The Labute approximate surface area is 167 Å². The number of ether oxygens (including phenoxy) is 2. The first-order valence-corrected chi connectivity index (χ1v) is 9.12. The maximum atomic E-state index is 13.7. The Balaban J connectivity index is 1.58. The van der Waals surface area contributed by atoms with Gasteiger partial charge in [-0.15, -0.1) is 0 Å². The summed E-state index contributed by atoms with van der Waals surface area (Å²) in [6.07, 6.45) is 0.226. The molecular formula is C21H20FN3O4. The third kappa shape index (κ3) is 3.53. The number of amides is 1. The molecule has 0 bridgehead atoms. The van der Waals surface area contributed by atoms with Gasteiger partial charge in [0, 0.05) is 24.2 Å². The van der Waals surface area contributed by atoms with Gasteiger partial charge in [-0.25, -0.2) is 4.39 Å². The van der Waals surface area contributed by atoms with E-state index in [-0.39, 0.29) is 24.1 Å². The van der Waals surface area contributed by atoms with Gasteiger partial charge in [-0.1, -0.05) is 11.2 Å². The van der Waals surface area contributed by atoms with Crippen molar-refractivity contribution in [1.29, 1.82) is 0 Å². The van der Waals surface area contributed by atoms with Crippen molar-refractivity contribution >= 4 is 11.6 Å². The van der Waals surface area contributed by atoms with Gasteiger partial charge in [0.15, 0.2) is 11.5 Å². The lowest BCUT2D eigenvalue weighted by Crippen LogP contribution is -2.25. The van der Waals surface area contributed by atoms with E-state index >= 15 is 0 Å². The SMILES string of the molecule is COc1ccc(-c2noc(C3CC(=O)N(c4cc(F)ccc4C)C3)n2)cc1OC. The van der Waals surface area contributed by atoms with Crippen LogP contribution in [0, 0.1) is 12.7 Å². The zero-order valence-corrected chi connectivity index (χ0v) is 16.3. The Morgan fingerprint density at radius 1 is 1.14 bits per heavy atom. The van der Waals surface area contributed by atoms with Crippen LogP contribution >= 0.6 is 0 Å². The highest BCUT2D eigenvalue weighted by Gasteiger charge is 2.36. The second-order valence-electron chi connectivity index (χ2n) is 6.86. The van der Waals surface area contributed by atoms with Crippen LogP contribution in [0.1, 0.15) is 23.8 Å². The lowest BCUT2D eigenvalue weighted by molar-refractivity contribution is -0.117. The lowest BCUT2D eigenvalue weighted by atomic mass is 10.1. The molecule has 1 aromatic heterocycles. The van der Waals surface area contributed by atoms with Gasteiger partial charge in [-0.3, -0.25) is 4.79 Å². The van der Waals surface area contributed by atoms with Crippen LogP contribution in [0.5, 0.6) is 11.5 Å². The Morgan fingerprint density at radius 2 is 1.93 bits per heavy atom. The van der Waals surface area contributed by atoms with Crippen LogP contribution in [0.2, 0.25) is 0 Å². The summed E-state index contributed by atoms with van der Waals surface area (Å²) < 4.78 is 29.6. The summed E-state index contributed by atoms with van der Waals surface area (Å²) in [6, 6.07) is 9.74. The van der Waals surface area contributed by atoms with Crippen molar-refractivity contribution < 1.29 is 23.2 Å². The molecule has 1 atom stereocenters. The fourth-order valence-corrected chi connectivity index (χ4v) is 3.47. The summed E-state index contributed by atoms with van der Waals surface area (Å²) in [5, 5.41) is 4.04. The number of rotatable bonds is 5. The number of nitrogens with zero attached hydrogens (tertiary/aromatic N) is 3. The molecule has 1 fully saturated rings. The highest BCUT2D eigenvalue weighted by atomic mass is 19.1. The van der Waals surface area contributed by atoms with Gasteiger partial charge in [0.2, 0.25) is 17.6 Å². The van der Waals surface area contributed by atoms with Crippen LogP contribution in [0.25, 0.3) is 11.4 Å². The standard InChI is InChI=1S/C21H20FN3O4/c1-12-4-6-15(22)10-16(12)25-11-14(9-19(25)26)21-23-20(24-29-21)13-5-7-17(27-2)18(8-13)28-3/h4-8,10,14H,9,11H2,1-3H3. The molecule has 1 aliphatic heterocycles. The zero-order valence-electron chi connectivity index (χ0n) is 16.3. The van der Waals surface area contributed by atoms with Crippen LogP contribution in [-0.4, -0.2) is 36.8 Å². The highest BCUT2D eigenvalue weighted by molar-refractivity contribution is 5.97. The fraction of sp³-hybridized carbons (Fsp3) is 0.286. The van der Waals surface area contributed by atoms with Gasteiger partial charge >= 0.3 is 0 Å². The first-order valence-electron chi connectivity index (χ1n) is 9.12. The third-order valence-electron chi connectivity index (χ3n) is 5.02. The first kappa shape index (κ1) is 18.9. The molecule has 0 N–H and O–H groups in total. The average molecular weight is 397 g/mol. The molecule has 3 aromatic rings. The molecule has 1 amide bonds.